The highest BCUT2D eigenvalue weighted by molar-refractivity contribution is 14.1. The van der Waals surface area contributed by atoms with Crippen LogP contribution in [0, 0.1) is 0 Å². The fourth-order valence-corrected chi connectivity index (χ4v) is 3.23. The Morgan fingerprint density at radius 3 is 2.28 bits per heavy atom. The molecule has 2 rings (SSSR count). The van der Waals surface area contributed by atoms with E-state index in [1.807, 2.05) is 12.1 Å². The summed E-state index contributed by atoms with van der Waals surface area (Å²) in [7, 11) is 0. The second kappa shape index (κ2) is 6.01. The third-order valence-electron chi connectivity index (χ3n) is 3.67. The molecule has 0 atom stereocenters. The molecular weight excluding hydrogens is 371 g/mol. The van der Waals surface area contributed by atoms with E-state index in [0.29, 0.717) is 5.02 Å². The van der Waals surface area contributed by atoms with Crippen molar-refractivity contribution in [3.05, 3.63) is 34.9 Å². The van der Waals surface area contributed by atoms with E-state index in [1.54, 1.807) is 12.1 Å². The Morgan fingerprint density at radius 2 is 1.78 bits per heavy atom. The zero-order chi connectivity index (χ0) is 13.2. The lowest BCUT2D eigenvalue weighted by Gasteiger charge is -2.40. The third kappa shape index (κ3) is 3.33. The van der Waals surface area contributed by atoms with Gasteiger partial charge in [-0.3, -0.25) is 0 Å². The van der Waals surface area contributed by atoms with Crippen molar-refractivity contribution >= 4 is 34.5 Å². The van der Waals surface area contributed by atoms with Crippen LogP contribution in [-0.4, -0.2) is 22.6 Å². The smallest absolute Gasteiger partial charge is 0.239 e. The second-order valence-corrected chi connectivity index (χ2v) is 6.59. The van der Waals surface area contributed by atoms with Gasteiger partial charge in [-0.1, -0.05) is 23.7 Å². The summed E-state index contributed by atoms with van der Waals surface area (Å²) >= 11 is 8.12. The number of hydrogen-bond acceptors (Lipinski definition) is 1. The molecule has 1 aliphatic rings. The molecule has 0 aliphatic carbocycles. The Balaban J connectivity index is 2.27. The van der Waals surface area contributed by atoms with Gasteiger partial charge in [0.05, 0.1) is 0 Å². The van der Waals surface area contributed by atoms with Crippen LogP contribution in [0.1, 0.15) is 24.8 Å². The van der Waals surface area contributed by atoms with Crippen molar-refractivity contribution in [3.63, 3.8) is 0 Å². The molecule has 0 saturated carbocycles. The Hall–Kier alpha value is 0.0600. The monoisotopic (exact) mass is 385 g/mol. The van der Waals surface area contributed by atoms with Gasteiger partial charge in [0.2, 0.25) is 6.43 Å². The van der Waals surface area contributed by atoms with Gasteiger partial charge in [0, 0.05) is 52.8 Å². The first kappa shape index (κ1) is 14.5. The maximum absolute atomic E-state index is 12.9. The summed E-state index contributed by atoms with van der Waals surface area (Å²) in [6.07, 6.45) is -0.760. The predicted molar refractivity (Wildman–Crippen MR) is 78.6 cm³/mol. The van der Waals surface area contributed by atoms with Gasteiger partial charge in [-0.25, -0.2) is 11.9 Å². The number of halogens is 4. The zero-order valence-electron chi connectivity index (χ0n) is 9.88. The minimum Gasteiger partial charge on any atom is -0.247 e. The number of benzene rings is 1. The van der Waals surface area contributed by atoms with Crippen LogP contribution in [0.4, 0.5) is 8.78 Å². The predicted octanol–water partition coefficient (Wildman–Crippen LogP) is 4.68. The quantitative estimate of drug-likeness (QED) is 0.539. The lowest BCUT2D eigenvalue weighted by Crippen LogP contribution is -2.40. The van der Waals surface area contributed by atoms with Gasteiger partial charge in [0.1, 0.15) is 0 Å². The molecule has 5 heteroatoms. The molecule has 18 heavy (non-hydrogen) atoms. The number of piperidine rings is 1. The highest BCUT2D eigenvalue weighted by Crippen LogP contribution is 2.41. The van der Waals surface area contributed by atoms with E-state index in [0.717, 1.165) is 31.5 Å². The zero-order valence-corrected chi connectivity index (χ0v) is 12.8. The molecular formula is C13H15ClF2IN. The maximum Gasteiger partial charge on any atom is 0.239 e. The van der Waals surface area contributed by atoms with Crippen LogP contribution in [0.15, 0.2) is 24.3 Å². The molecule has 1 fully saturated rings. The average molecular weight is 386 g/mol. The first-order valence-electron chi connectivity index (χ1n) is 5.97. The van der Waals surface area contributed by atoms with Gasteiger partial charge in [-0.05, 0) is 30.5 Å². The number of rotatable bonds is 3. The number of alkyl halides is 2. The lowest BCUT2D eigenvalue weighted by atomic mass is 9.71. The van der Waals surface area contributed by atoms with E-state index in [4.69, 9.17) is 11.6 Å². The Kier molecular flexibility index (Phi) is 4.83. The van der Waals surface area contributed by atoms with Crippen molar-refractivity contribution in [3.8, 4) is 0 Å². The standard InChI is InChI=1S/C13H15ClF2IN/c14-11-3-1-10(2-4-11)13(9-12(15)16)5-7-18(17)8-6-13/h1-4,12H,5-9H2. The summed E-state index contributed by atoms with van der Waals surface area (Å²) in [5.41, 5.74) is 0.608. The molecule has 100 valence electrons. The third-order valence-corrected chi connectivity index (χ3v) is 4.88. The van der Waals surface area contributed by atoms with Crippen molar-refractivity contribution in [2.45, 2.75) is 31.1 Å². The van der Waals surface area contributed by atoms with Crippen molar-refractivity contribution in [1.82, 2.24) is 3.11 Å². The Bertz CT molecular complexity index is 388. The molecule has 0 radical (unpaired) electrons. The highest BCUT2D eigenvalue weighted by Gasteiger charge is 2.38. The van der Waals surface area contributed by atoms with Gasteiger partial charge in [-0.15, -0.1) is 0 Å². The van der Waals surface area contributed by atoms with E-state index in [-0.39, 0.29) is 11.8 Å². The topological polar surface area (TPSA) is 3.24 Å². The van der Waals surface area contributed by atoms with E-state index in [9.17, 15) is 8.78 Å². The minimum absolute atomic E-state index is 0.0564. The Labute approximate surface area is 125 Å². The lowest BCUT2D eigenvalue weighted by molar-refractivity contribution is 0.0842. The van der Waals surface area contributed by atoms with Crippen molar-refractivity contribution in [2.24, 2.45) is 0 Å². The van der Waals surface area contributed by atoms with Crippen LogP contribution in [0.5, 0.6) is 0 Å². The summed E-state index contributed by atoms with van der Waals surface area (Å²) in [4.78, 5) is 0. The summed E-state index contributed by atoms with van der Waals surface area (Å²) in [6.45, 7) is 1.71. The largest absolute Gasteiger partial charge is 0.247 e. The molecule has 0 bridgehead atoms. The van der Waals surface area contributed by atoms with Crippen molar-refractivity contribution in [1.29, 1.82) is 0 Å². The second-order valence-electron chi connectivity index (χ2n) is 4.79. The fraction of sp³-hybridized carbons (Fsp3) is 0.538. The van der Waals surface area contributed by atoms with E-state index < -0.39 is 6.43 Å². The molecule has 1 aromatic carbocycles. The maximum atomic E-state index is 12.9. The van der Waals surface area contributed by atoms with Crippen molar-refractivity contribution in [2.75, 3.05) is 13.1 Å². The number of nitrogens with zero attached hydrogens (tertiary/aromatic N) is 1. The van der Waals surface area contributed by atoms with Crippen molar-refractivity contribution < 1.29 is 8.78 Å². The van der Waals surface area contributed by atoms with E-state index in [2.05, 4.69) is 26.0 Å². The summed E-state index contributed by atoms with van der Waals surface area (Å²) in [5.74, 6) is 0. The molecule has 1 nitrogen and oxygen atoms in total. The van der Waals surface area contributed by atoms with Gasteiger partial charge in [0.25, 0.3) is 0 Å². The molecule has 1 saturated heterocycles. The van der Waals surface area contributed by atoms with E-state index in [1.165, 1.54) is 0 Å². The SMILES string of the molecule is FC(F)CC1(c2ccc(Cl)cc2)CCN(I)CC1. The Morgan fingerprint density at radius 1 is 1.22 bits per heavy atom. The summed E-state index contributed by atoms with van der Waals surface area (Å²) < 4.78 is 27.9. The molecule has 0 aromatic heterocycles. The van der Waals surface area contributed by atoms with Gasteiger partial charge < -0.3 is 0 Å². The van der Waals surface area contributed by atoms with Crippen LogP contribution in [0.25, 0.3) is 0 Å². The average Bonchev–Trinajstić information content (AvgIpc) is 2.33. The van der Waals surface area contributed by atoms with Gasteiger partial charge >= 0.3 is 0 Å². The normalized spacial score (nSPS) is 20.3. The first-order valence-corrected chi connectivity index (χ1v) is 7.31. The van der Waals surface area contributed by atoms with Crippen LogP contribution in [0.3, 0.4) is 0 Å². The summed E-state index contributed by atoms with van der Waals surface area (Å²) in [6, 6.07) is 7.38. The fourth-order valence-electron chi connectivity index (χ4n) is 2.62. The van der Waals surface area contributed by atoms with Crippen LogP contribution >= 0.6 is 34.5 Å². The van der Waals surface area contributed by atoms with Crippen LogP contribution in [0.2, 0.25) is 5.02 Å². The summed E-state index contributed by atoms with van der Waals surface area (Å²) in [5, 5.41) is 0.650. The first-order chi connectivity index (χ1) is 8.52. The highest BCUT2D eigenvalue weighted by atomic mass is 127. The molecule has 1 aliphatic heterocycles. The molecule has 0 spiro atoms. The van der Waals surface area contributed by atoms with E-state index >= 15 is 0 Å². The molecule has 1 aromatic rings. The number of hydrogen-bond donors (Lipinski definition) is 0. The minimum atomic E-state index is -2.26. The van der Waals surface area contributed by atoms with Crippen LogP contribution < -0.4 is 0 Å². The molecule has 0 N–H and O–H groups in total. The molecule has 1 heterocycles. The van der Waals surface area contributed by atoms with Gasteiger partial charge in [-0.2, -0.15) is 0 Å². The van der Waals surface area contributed by atoms with Gasteiger partial charge in [0.15, 0.2) is 0 Å². The van der Waals surface area contributed by atoms with Crippen LogP contribution in [-0.2, 0) is 5.41 Å². The molecule has 0 unspecified atom stereocenters. The molecule has 0 amide bonds.